The predicted molar refractivity (Wildman–Crippen MR) is 106 cm³/mol. The first-order chi connectivity index (χ1) is 13.4. The summed E-state index contributed by atoms with van der Waals surface area (Å²) in [4.78, 5) is 26.9. The second kappa shape index (κ2) is 8.95. The highest BCUT2D eigenvalue weighted by atomic mass is 35.5. The van der Waals surface area contributed by atoms with Gasteiger partial charge in [-0.15, -0.1) is 0 Å². The maximum Gasteiger partial charge on any atom is 0.194 e. The van der Waals surface area contributed by atoms with E-state index < -0.39 is 11.4 Å². The molecule has 0 amide bonds. The molecule has 3 rings (SSSR count). The Balaban J connectivity index is 1.46. The Hall–Kier alpha value is -2.08. The second-order valence-electron chi connectivity index (χ2n) is 7.24. The molecule has 2 aromatic rings. The van der Waals surface area contributed by atoms with Gasteiger partial charge in [0.2, 0.25) is 0 Å². The van der Waals surface area contributed by atoms with E-state index in [2.05, 4.69) is 4.90 Å². The first kappa shape index (κ1) is 20.6. The molecule has 0 aliphatic carbocycles. The molecule has 0 unspecified atom stereocenters. The fourth-order valence-electron chi connectivity index (χ4n) is 3.49. The van der Waals surface area contributed by atoms with E-state index in [4.69, 9.17) is 11.6 Å². The van der Waals surface area contributed by atoms with Crippen molar-refractivity contribution in [1.82, 2.24) is 4.90 Å². The summed E-state index contributed by atoms with van der Waals surface area (Å²) in [6.45, 7) is 1.90. The molecular formula is C22H23ClFNO3. The van der Waals surface area contributed by atoms with Gasteiger partial charge >= 0.3 is 0 Å². The van der Waals surface area contributed by atoms with Crippen LogP contribution in [0.3, 0.4) is 0 Å². The van der Waals surface area contributed by atoms with Crippen molar-refractivity contribution in [3.63, 3.8) is 0 Å². The number of carbonyl (C=O) groups is 2. The molecule has 1 heterocycles. The number of rotatable bonds is 7. The summed E-state index contributed by atoms with van der Waals surface area (Å²) in [5.74, 6) is -0.687. The Morgan fingerprint density at radius 1 is 1.00 bits per heavy atom. The predicted octanol–water partition coefficient (Wildman–Crippen LogP) is 4.15. The monoisotopic (exact) mass is 403 g/mol. The van der Waals surface area contributed by atoms with Gasteiger partial charge < -0.3 is 10.0 Å². The standard InChI is InChI=1S/C22H23ClFNO3/c23-18-7-3-16(4-8-18)20(26)2-1-13-25-14-11-22(28,12-15-25)21(27)17-5-9-19(24)10-6-17/h3-10,28H,1-2,11-15H2. The van der Waals surface area contributed by atoms with E-state index in [-0.39, 0.29) is 11.6 Å². The molecule has 0 bridgehead atoms. The number of hydrogen-bond acceptors (Lipinski definition) is 4. The number of ketones is 2. The quantitative estimate of drug-likeness (QED) is 0.705. The smallest absolute Gasteiger partial charge is 0.194 e. The number of piperidine rings is 1. The number of hydrogen-bond donors (Lipinski definition) is 1. The molecule has 1 aliphatic rings. The van der Waals surface area contributed by atoms with Crippen LogP contribution in [0.1, 0.15) is 46.4 Å². The van der Waals surface area contributed by atoms with Crippen molar-refractivity contribution in [2.45, 2.75) is 31.3 Å². The van der Waals surface area contributed by atoms with Crippen LogP contribution in [0.4, 0.5) is 4.39 Å². The van der Waals surface area contributed by atoms with Gasteiger partial charge in [0.1, 0.15) is 11.4 Å². The number of halogens is 2. The minimum absolute atomic E-state index is 0.0802. The highest BCUT2D eigenvalue weighted by Gasteiger charge is 2.39. The Kier molecular flexibility index (Phi) is 6.60. The summed E-state index contributed by atoms with van der Waals surface area (Å²) in [7, 11) is 0. The molecular weight excluding hydrogens is 381 g/mol. The SMILES string of the molecule is O=C(CCCN1CCC(O)(C(=O)c2ccc(F)cc2)CC1)c1ccc(Cl)cc1. The minimum atomic E-state index is -1.41. The van der Waals surface area contributed by atoms with Gasteiger partial charge in [0.25, 0.3) is 0 Å². The van der Waals surface area contributed by atoms with Gasteiger partial charge in [-0.2, -0.15) is 0 Å². The van der Waals surface area contributed by atoms with Crippen LogP contribution in [0.15, 0.2) is 48.5 Å². The third-order valence-corrected chi connectivity index (χ3v) is 5.51. The number of Topliss-reactive ketones (excluding diaryl/α,β-unsaturated/α-hetero) is 2. The second-order valence-corrected chi connectivity index (χ2v) is 7.68. The minimum Gasteiger partial charge on any atom is -0.382 e. The molecule has 2 aromatic carbocycles. The van der Waals surface area contributed by atoms with Crippen LogP contribution in [0.5, 0.6) is 0 Å². The van der Waals surface area contributed by atoms with Crippen LogP contribution in [-0.2, 0) is 0 Å². The molecule has 148 valence electrons. The van der Waals surface area contributed by atoms with Crippen LogP contribution >= 0.6 is 11.6 Å². The van der Waals surface area contributed by atoms with Gasteiger partial charge in [-0.05, 0) is 74.3 Å². The van der Waals surface area contributed by atoms with Crippen molar-refractivity contribution in [1.29, 1.82) is 0 Å². The molecule has 0 atom stereocenters. The maximum atomic E-state index is 13.0. The van der Waals surface area contributed by atoms with Crippen LogP contribution in [0.25, 0.3) is 0 Å². The summed E-state index contributed by atoms with van der Waals surface area (Å²) >= 11 is 5.83. The van der Waals surface area contributed by atoms with E-state index in [1.165, 1.54) is 24.3 Å². The normalized spacial score (nSPS) is 16.7. The summed E-state index contributed by atoms with van der Waals surface area (Å²) in [5, 5.41) is 11.3. The van der Waals surface area contributed by atoms with Crippen molar-refractivity contribution in [3.05, 3.63) is 70.5 Å². The average Bonchev–Trinajstić information content (AvgIpc) is 2.70. The molecule has 6 heteroatoms. The number of likely N-dealkylation sites (tertiary alicyclic amines) is 1. The maximum absolute atomic E-state index is 13.0. The van der Waals surface area contributed by atoms with E-state index in [0.29, 0.717) is 54.9 Å². The van der Waals surface area contributed by atoms with Gasteiger partial charge in [0, 0.05) is 35.7 Å². The molecule has 0 radical (unpaired) electrons. The van der Waals surface area contributed by atoms with E-state index >= 15 is 0 Å². The van der Waals surface area contributed by atoms with Crippen molar-refractivity contribution < 1.29 is 19.1 Å². The number of aliphatic hydroxyl groups is 1. The third kappa shape index (κ3) is 5.04. The topological polar surface area (TPSA) is 57.6 Å². The summed E-state index contributed by atoms with van der Waals surface area (Å²) in [6, 6.07) is 12.1. The van der Waals surface area contributed by atoms with Gasteiger partial charge in [0.05, 0.1) is 0 Å². The Labute approximate surface area is 168 Å². The van der Waals surface area contributed by atoms with E-state index in [9.17, 15) is 19.1 Å². The van der Waals surface area contributed by atoms with Crippen LogP contribution in [0, 0.1) is 5.82 Å². The van der Waals surface area contributed by atoms with E-state index in [1.807, 2.05) is 0 Å². The van der Waals surface area contributed by atoms with Crippen molar-refractivity contribution in [3.8, 4) is 0 Å². The fourth-order valence-corrected chi connectivity index (χ4v) is 3.61. The summed E-state index contributed by atoms with van der Waals surface area (Å²) in [5.41, 5.74) is -0.429. The number of benzene rings is 2. The average molecular weight is 404 g/mol. The lowest BCUT2D eigenvalue weighted by molar-refractivity contribution is -0.00648. The highest BCUT2D eigenvalue weighted by Crippen LogP contribution is 2.27. The lowest BCUT2D eigenvalue weighted by atomic mass is 9.84. The van der Waals surface area contributed by atoms with Crippen molar-refractivity contribution >= 4 is 23.2 Å². The molecule has 0 aromatic heterocycles. The molecule has 0 saturated carbocycles. The van der Waals surface area contributed by atoms with Gasteiger partial charge in [-0.1, -0.05) is 11.6 Å². The zero-order chi connectivity index (χ0) is 20.1. The van der Waals surface area contributed by atoms with Crippen LogP contribution in [-0.4, -0.2) is 46.8 Å². The van der Waals surface area contributed by atoms with Crippen LogP contribution in [0.2, 0.25) is 5.02 Å². The van der Waals surface area contributed by atoms with Gasteiger partial charge in [-0.3, -0.25) is 9.59 Å². The van der Waals surface area contributed by atoms with Gasteiger partial charge in [0.15, 0.2) is 11.6 Å². The highest BCUT2D eigenvalue weighted by molar-refractivity contribution is 6.30. The van der Waals surface area contributed by atoms with Crippen LogP contribution < -0.4 is 0 Å². The zero-order valence-electron chi connectivity index (χ0n) is 15.5. The Morgan fingerprint density at radius 3 is 2.18 bits per heavy atom. The van der Waals surface area contributed by atoms with Crippen molar-refractivity contribution in [2.75, 3.05) is 19.6 Å². The molecule has 1 saturated heterocycles. The molecule has 1 fully saturated rings. The lowest BCUT2D eigenvalue weighted by Crippen LogP contribution is -2.49. The summed E-state index contributed by atoms with van der Waals surface area (Å²) < 4.78 is 13.0. The first-order valence-electron chi connectivity index (χ1n) is 9.41. The Morgan fingerprint density at radius 2 is 1.57 bits per heavy atom. The molecule has 4 nitrogen and oxygen atoms in total. The molecule has 1 aliphatic heterocycles. The van der Waals surface area contributed by atoms with Crippen molar-refractivity contribution in [2.24, 2.45) is 0 Å². The van der Waals surface area contributed by atoms with E-state index in [0.717, 1.165) is 6.54 Å². The number of nitrogens with zero attached hydrogens (tertiary/aromatic N) is 1. The third-order valence-electron chi connectivity index (χ3n) is 5.26. The molecule has 28 heavy (non-hydrogen) atoms. The number of carbonyl (C=O) groups excluding carboxylic acids is 2. The molecule has 0 spiro atoms. The zero-order valence-corrected chi connectivity index (χ0v) is 16.3. The first-order valence-corrected chi connectivity index (χ1v) is 9.79. The van der Waals surface area contributed by atoms with E-state index in [1.54, 1.807) is 24.3 Å². The fraction of sp³-hybridized carbons (Fsp3) is 0.364. The molecule has 1 N–H and O–H groups in total. The summed E-state index contributed by atoms with van der Waals surface area (Å²) in [6.07, 6.45) is 1.81. The van der Waals surface area contributed by atoms with Gasteiger partial charge in [-0.25, -0.2) is 4.39 Å². The largest absolute Gasteiger partial charge is 0.382 e. The lowest BCUT2D eigenvalue weighted by Gasteiger charge is -2.37. The Bertz CT molecular complexity index is 828.